The SMILES string of the molecule is CC(C)(C)[C@H]1CCc2c(sc(NC(=O)c3cc(Br)ccc3Cl)c2C(N)=O)C1. The van der Waals surface area contributed by atoms with Gasteiger partial charge in [0.2, 0.25) is 0 Å². The number of nitrogens with one attached hydrogen (secondary N) is 1. The van der Waals surface area contributed by atoms with Crippen molar-refractivity contribution in [3.8, 4) is 0 Å². The molecule has 1 heterocycles. The molecule has 1 aromatic heterocycles. The van der Waals surface area contributed by atoms with Gasteiger partial charge in [-0.1, -0.05) is 48.3 Å². The quantitative estimate of drug-likeness (QED) is 0.608. The highest BCUT2D eigenvalue weighted by molar-refractivity contribution is 9.10. The maximum Gasteiger partial charge on any atom is 0.257 e. The molecule has 0 spiro atoms. The van der Waals surface area contributed by atoms with E-state index in [1.54, 1.807) is 18.2 Å². The average molecular weight is 470 g/mol. The van der Waals surface area contributed by atoms with E-state index in [9.17, 15) is 9.59 Å². The number of thiophene rings is 1. The topological polar surface area (TPSA) is 72.2 Å². The van der Waals surface area contributed by atoms with Gasteiger partial charge in [0.05, 0.1) is 16.1 Å². The third-order valence-corrected chi connectivity index (χ3v) is 7.13. The Bertz CT molecular complexity index is 917. The number of nitrogens with two attached hydrogens (primary N) is 1. The van der Waals surface area contributed by atoms with Gasteiger partial charge in [-0.25, -0.2) is 0 Å². The molecule has 1 aliphatic rings. The number of hydrogen-bond donors (Lipinski definition) is 2. The van der Waals surface area contributed by atoms with E-state index >= 15 is 0 Å². The fourth-order valence-electron chi connectivity index (χ4n) is 3.52. The zero-order valence-corrected chi connectivity index (χ0v) is 18.6. The molecule has 0 bridgehead atoms. The minimum absolute atomic E-state index is 0.196. The number of anilines is 1. The number of rotatable bonds is 3. The molecule has 1 aliphatic carbocycles. The third-order valence-electron chi connectivity index (χ3n) is 5.14. The number of carbonyl (C=O) groups excluding carboxylic acids is 2. The van der Waals surface area contributed by atoms with Crippen LogP contribution in [-0.4, -0.2) is 11.8 Å². The van der Waals surface area contributed by atoms with E-state index in [4.69, 9.17) is 17.3 Å². The summed E-state index contributed by atoms with van der Waals surface area (Å²) in [7, 11) is 0. The Hall–Kier alpha value is -1.37. The van der Waals surface area contributed by atoms with Crippen molar-refractivity contribution in [1.82, 2.24) is 0 Å². The van der Waals surface area contributed by atoms with Crippen molar-refractivity contribution in [3.05, 3.63) is 49.3 Å². The van der Waals surface area contributed by atoms with Crippen LogP contribution in [0.4, 0.5) is 5.00 Å². The van der Waals surface area contributed by atoms with Crippen molar-refractivity contribution < 1.29 is 9.59 Å². The van der Waals surface area contributed by atoms with Gasteiger partial charge < -0.3 is 11.1 Å². The minimum atomic E-state index is -0.502. The molecule has 7 heteroatoms. The first-order valence-electron chi connectivity index (χ1n) is 8.78. The highest BCUT2D eigenvalue weighted by Crippen LogP contribution is 2.44. The van der Waals surface area contributed by atoms with Crippen molar-refractivity contribution in [2.75, 3.05) is 5.32 Å². The van der Waals surface area contributed by atoms with E-state index in [2.05, 4.69) is 42.0 Å². The fraction of sp³-hybridized carbons (Fsp3) is 0.400. The Labute approximate surface area is 176 Å². The maximum absolute atomic E-state index is 12.7. The smallest absolute Gasteiger partial charge is 0.257 e. The molecule has 3 rings (SSSR count). The van der Waals surface area contributed by atoms with E-state index in [1.807, 2.05) is 0 Å². The minimum Gasteiger partial charge on any atom is -0.365 e. The molecule has 0 saturated carbocycles. The van der Waals surface area contributed by atoms with Crippen molar-refractivity contribution >= 4 is 55.7 Å². The Morgan fingerprint density at radius 2 is 2.04 bits per heavy atom. The van der Waals surface area contributed by atoms with Crippen molar-refractivity contribution in [1.29, 1.82) is 0 Å². The van der Waals surface area contributed by atoms with Crippen molar-refractivity contribution in [3.63, 3.8) is 0 Å². The van der Waals surface area contributed by atoms with Gasteiger partial charge in [0.25, 0.3) is 11.8 Å². The highest BCUT2D eigenvalue weighted by Gasteiger charge is 2.33. The van der Waals surface area contributed by atoms with Gasteiger partial charge in [-0.3, -0.25) is 9.59 Å². The summed E-state index contributed by atoms with van der Waals surface area (Å²) in [4.78, 5) is 26.0. The molecule has 0 fully saturated rings. The number of benzene rings is 1. The molecule has 1 aromatic carbocycles. The second kappa shape index (κ2) is 7.57. The second-order valence-electron chi connectivity index (χ2n) is 7.96. The number of carbonyl (C=O) groups is 2. The fourth-order valence-corrected chi connectivity index (χ4v) is 5.41. The van der Waals surface area contributed by atoms with Gasteiger partial charge in [-0.15, -0.1) is 11.3 Å². The molecule has 0 saturated heterocycles. The number of halogens is 2. The standard InChI is InChI=1S/C20H22BrClN2O2S/c1-20(2,3)10-4-6-12-15(8-10)27-19(16(12)17(23)25)24-18(26)13-9-11(21)5-7-14(13)22/h5,7,9-10H,4,6,8H2,1-3H3,(H2,23,25)(H,24,26)/t10-/m0/s1. The van der Waals surface area contributed by atoms with Crippen molar-refractivity contribution in [2.24, 2.45) is 17.1 Å². The number of hydrogen-bond acceptors (Lipinski definition) is 3. The summed E-state index contributed by atoms with van der Waals surface area (Å²) in [6.07, 6.45) is 2.72. The largest absolute Gasteiger partial charge is 0.365 e. The van der Waals surface area contributed by atoms with Gasteiger partial charge in [-0.2, -0.15) is 0 Å². The van der Waals surface area contributed by atoms with Crippen LogP contribution in [0, 0.1) is 11.3 Å². The molecule has 1 atom stereocenters. The highest BCUT2D eigenvalue weighted by atomic mass is 79.9. The van der Waals surface area contributed by atoms with Gasteiger partial charge in [0, 0.05) is 9.35 Å². The van der Waals surface area contributed by atoms with Crippen LogP contribution >= 0.6 is 38.9 Å². The van der Waals surface area contributed by atoms with Gasteiger partial charge in [0.15, 0.2) is 0 Å². The van der Waals surface area contributed by atoms with Crippen molar-refractivity contribution in [2.45, 2.75) is 40.0 Å². The van der Waals surface area contributed by atoms with Gasteiger partial charge in [-0.05, 0) is 54.4 Å². The molecule has 144 valence electrons. The first-order valence-corrected chi connectivity index (χ1v) is 10.8. The first kappa shape index (κ1) is 20.4. The molecule has 0 radical (unpaired) electrons. The summed E-state index contributed by atoms with van der Waals surface area (Å²) in [6.45, 7) is 6.72. The Morgan fingerprint density at radius 1 is 1.33 bits per heavy atom. The lowest BCUT2D eigenvalue weighted by Crippen LogP contribution is -2.27. The lowest BCUT2D eigenvalue weighted by atomic mass is 9.72. The number of amides is 2. The molecule has 3 N–H and O–H groups in total. The summed E-state index contributed by atoms with van der Waals surface area (Å²) < 4.78 is 0.755. The molecule has 0 aliphatic heterocycles. The lowest BCUT2D eigenvalue weighted by molar-refractivity contribution is 0.1000. The van der Waals surface area contributed by atoms with E-state index < -0.39 is 5.91 Å². The lowest BCUT2D eigenvalue weighted by Gasteiger charge is -2.33. The zero-order valence-electron chi connectivity index (χ0n) is 15.5. The van der Waals surface area contributed by atoms with Crippen LogP contribution in [0.1, 0.15) is 58.3 Å². The summed E-state index contributed by atoms with van der Waals surface area (Å²) in [5.41, 5.74) is 7.63. The Balaban J connectivity index is 1.95. The molecule has 27 heavy (non-hydrogen) atoms. The maximum atomic E-state index is 12.7. The van der Waals surface area contributed by atoms with Crippen LogP contribution < -0.4 is 11.1 Å². The summed E-state index contributed by atoms with van der Waals surface area (Å²) in [6, 6.07) is 5.08. The van der Waals surface area contributed by atoms with Crippen LogP contribution in [0.2, 0.25) is 5.02 Å². The van der Waals surface area contributed by atoms with Gasteiger partial charge >= 0.3 is 0 Å². The summed E-state index contributed by atoms with van der Waals surface area (Å²) in [5, 5.41) is 3.73. The molecule has 2 amide bonds. The van der Waals surface area contributed by atoms with Gasteiger partial charge in [0.1, 0.15) is 5.00 Å². The van der Waals surface area contributed by atoms with Crippen LogP contribution in [0.3, 0.4) is 0 Å². The van der Waals surface area contributed by atoms with E-state index in [-0.39, 0.29) is 11.3 Å². The predicted molar refractivity (Wildman–Crippen MR) is 115 cm³/mol. The summed E-state index contributed by atoms with van der Waals surface area (Å²) >= 11 is 11.0. The number of primary amides is 1. The van der Waals surface area contributed by atoms with Crippen LogP contribution in [-0.2, 0) is 12.8 Å². The monoisotopic (exact) mass is 468 g/mol. The zero-order chi connectivity index (χ0) is 19.9. The summed E-state index contributed by atoms with van der Waals surface area (Å²) in [5.74, 6) is -0.320. The number of fused-ring (bicyclic) bond motifs is 1. The normalized spacial score (nSPS) is 16.7. The van der Waals surface area contributed by atoms with E-state index in [0.717, 1.165) is 34.2 Å². The molecular weight excluding hydrogens is 448 g/mol. The van der Waals surface area contributed by atoms with E-state index in [0.29, 0.717) is 27.1 Å². The molecule has 2 aromatic rings. The van der Waals surface area contributed by atoms with Crippen LogP contribution in [0.5, 0.6) is 0 Å². The second-order valence-corrected chi connectivity index (χ2v) is 10.4. The predicted octanol–water partition coefficient (Wildman–Crippen LogP) is 5.67. The van der Waals surface area contributed by atoms with Crippen LogP contribution in [0.25, 0.3) is 0 Å². The Morgan fingerprint density at radius 3 is 2.67 bits per heavy atom. The molecular formula is C20H22BrClN2O2S. The average Bonchev–Trinajstić information content (AvgIpc) is 2.93. The molecule has 4 nitrogen and oxygen atoms in total. The van der Waals surface area contributed by atoms with Crippen LogP contribution in [0.15, 0.2) is 22.7 Å². The first-order chi connectivity index (χ1) is 12.6. The van der Waals surface area contributed by atoms with E-state index in [1.165, 1.54) is 11.3 Å². The Kier molecular flexibility index (Phi) is 5.71. The molecule has 0 unspecified atom stereocenters. The third kappa shape index (κ3) is 4.23.